The van der Waals surface area contributed by atoms with Crippen LogP contribution in [0.15, 0.2) is 24.3 Å². The van der Waals surface area contributed by atoms with E-state index in [0.29, 0.717) is 6.61 Å². The van der Waals surface area contributed by atoms with Gasteiger partial charge in [0.1, 0.15) is 6.10 Å². The highest BCUT2D eigenvalue weighted by Gasteiger charge is 2.22. The molecule has 0 heterocycles. The SMILES string of the molecule is CCCC/C=C\C/C=C\CCCCCCCCOCC(O)COP(=O)(O)OCCN. The largest absolute Gasteiger partial charge is 0.472 e. The smallest absolute Gasteiger partial charge is 0.388 e. The van der Waals surface area contributed by atoms with Gasteiger partial charge in [-0.25, -0.2) is 4.57 Å². The summed E-state index contributed by atoms with van der Waals surface area (Å²) < 4.78 is 26.0. The summed E-state index contributed by atoms with van der Waals surface area (Å²) in [5.74, 6) is 0. The van der Waals surface area contributed by atoms with Gasteiger partial charge in [-0.15, -0.1) is 0 Å². The Hall–Kier alpha value is -0.530. The van der Waals surface area contributed by atoms with E-state index in [1.807, 2.05) is 0 Å². The van der Waals surface area contributed by atoms with Crippen molar-refractivity contribution in [1.82, 2.24) is 0 Å². The lowest BCUT2D eigenvalue weighted by atomic mass is 10.1. The zero-order valence-electron chi connectivity index (χ0n) is 18.8. The number of phosphoric acid groups is 1. The van der Waals surface area contributed by atoms with Crippen LogP contribution in [-0.4, -0.2) is 49.1 Å². The number of aliphatic hydroxyl groups excluding tert-OH is 1. The number of ether oxygens (including phenoxy) is 1. The van der Waals surface area contributed by atoms with Gasteiger partial charge in [0, 0.05) is 13.2 Å². The number of rotatable bonds is 22. The predicted molar refractivity (Wildman–Crippen MR) is 122 cm³/mol. The molecule has 30 heavy (non-hydrogen) atoms. The maximum atomic E-state index is 11.4. The van der Waals surface area contributed by atoms with Crippen LogP contribution < -0.4 is 5.73 Å². The summed E-state index contributed by atoms with van der Waals surface area (Å²) in [7, 11) is -4.14. The molecule has 0 aliphatic heterocycles. The van der Waals surface area contributed by atoms with Crippen LogP contribution in [0.4, 0.5) is 0 Å². The van der Waals surface area contributed by atoms with Gasteiger partial charge in [0.05, 0.1) is 19.8 Å². The molecular weight excluding hydrogens is 405 g/mol. The van der Waals surface area contributed by atoms with Gasteiger partial charge in [-0.1, -0.05) is 69.8 Å². The molecule has 0 aliphatic rings. The molecule has 178 valence electrons. The quantitative estimate of drug-likeness (QED) is 0.123. The fourth-order valence-corrected chi connectivity index (χ4v) is 3.43. The molecular formula is C22H44NO6P. The second kappa shape index (κ2) is 21.7. The van der Waals surface area contributed by atoms with E-state index in [2.05, 4.69) is 40.3 Å². The Balaban J connectivity index is 3.38. The molecule has 8 heteroatoms. The van der Waals surface area contributed by atoms with E-state index in [1.165, 1.54) is 44.9 Å². The van der Waals surface area contributed by atoms with Gasteiger partial charge in [0.15, 0.2) is 0 Å². The molecule has 0 aromatic rings. The van der Waals surface area contributed by atoms with E-state index in [0.717, 1.165) is 25.7 Å². The molecule has 0 saturated heterocycles. The van der Waals surface area contributed by atoms with Crippen LogP contribution in [0.25, 0.3) is 0 Å². The Labute approximate surface area is 183 Å². The second-order valence-corrected chi connectivity index (χ2v) is 8.80. The van der Waals surface area contributed by atoms with Crippen LogP contribution in [0, 0.1) is 0 Å². The molecule has 0 aromatic heterocycles. The molecule has 0 aromatic carbocycles. The molecule has 0 amide bonds. The van der Waals surface area contributed by atoms with Gasteiger partial charge >= 0.3 is 7.82 Å². The number of phosphoric ester groups is 1. The lowest BCUT2D eigenvalue weighted by Gasteiger charge is -2.15. The number of hydrogen-bond acceptors (Lipinski definition) is 6. The Morgan fingerprint density at radius 2 is 1.50 bits per heavy atom. The normalized spacial score (nSPS) is 15.2. The first kappa shape index (κ1) is 29.5. The number of unbranched alkanes of at least 4 members (excludes halogenated alkanes) is 8. The summed E-state index contributed by atoms with van der Waals surface area (Å²) in [5, 5.41) is 9.69. The standard InChI is InChI=1S/C22H44NO6P/c1-2-3-4-5-6-7-8-9-10-11-12-13-14-15-16-18-27-20-22(24)21-29-30(25,26)28-19-17-23/h5-6,8-9,22,24H,2-4,7,10-21,23H2,1H3,(H,25,26)/b6-5-,9-8-. The lowest BCUT2D eigenvalue weighted by molar-refractivity contribution is 0.00230. The summed E-state index contributed by atoms with van der Waals surface area (Å²) in [6.07, 6.45) is 21.0. The highest BCUT2D eigenvalue weighted by atomic mass is 31.2. The third-order valence-electron chi connectivity index (χ3n) is 4.35. The van der Waals surface area contributed by atoms with Gasteiger partial charge in [-0.2, -0.15) is 0 Å². The van der Waals surface area contributed by atoms with Crippen molar-refractivity contribution in [3.63, 3.8) is 0 Å². The first-order valence-electron chi connectivity index (χ1n) is 11.4. The molecule has 0 fully saturated rings. The molecule has 0 rings (SSSR count). The Bertz CT molecular complexity index is 473. The van der Waals surface area contributed by atoms with Crippen LogP contribution in [0.1, 0.15) is 77.6 Å². The average Bonchev–Trinajstić information content (AvgIpc) is 2.73. The van der Waals surface area contributed by atoms with Gasteiger partial charge in [0.2, 0.25) is 0 Å². The minimum Gasteiger partial charge on any atom is -0.388 e. The van der Waals surface area contributed by atoms with Crippen molar-refractivity contribution in [2.75, 3.05) is 33.0 Å². The molecule has 0 saturated carbocycles. The highest BCUT2D eigenvalue weighted by Crippen LogP contribution is 2.42. The molecule has 0 aliphatic carbocycles. The van der Waals surface area contributed by atoms with E-state index in [-0.39, 0.29) is 26.4 Å². The Morgan fingerprint density at radius 3 is 2.17 bits per heavy atom. The third-order valence-corrected chi connectivity index (χ3v) is 5.34. The van der Waals surface area contributed by atoms with Crippen molar-refractivity contribution in [3.05, 3.63) is 24.3 Å². The van der Waals surface area contributed by atoms with Crippen molar-refractivity contribution in [1.29, 1.82) is 0 Å². The van der Waals surface area contributed by atoms with E-state index < -0.39 is 13.9 Å². The molecule has 0 bridgehead atoms. The van der Waals surface area contributed by atoms with Crippen LogP contribution in [-0.2, 0) is 18.3 Å². The van der Waals surface area contributed by atoms with Crippen LogP contribution in [0.2, 0.25) is 0 Å². The molecule has 2 unspecified atom stereocenters. The molecule has 7 nitrogen and oxygen atoms in total. The zero-order chi connectivity index (χ0) is 22.3. The molecule has 4 N–H and O–H groups in total. The average molecular weight is 450 g/mol. The molecule has 2 atom stereocenters. The first-order valence-corrected chi connectivity index (χ1v) is 12.9. The number of aliphatic hydroxyl groups is 1. The number of hydrogen-bond donors (Lipinski definition) is 3. The van der Waals surface area contributed by atoms with Crippen LogP contribution in [0.5, 0.6) is 0 Å². The maximum absolute atomic E-state index is 11.4. The van der Waals surface area contributed by atoms with Crippen molar-refractivity contribution >= 4 is 7.82 Å². The second-order valence-electron chi connectivity index (χ2n) is 7.35. The lowest BCUT2D eigenvalue weighted by Crippen LogP contribution is -2.22. The van der Waals surface area contributed by atoms with Gasteiger partial charge < -0.3 is 20.5 Å². The summed E-state index contributed by atoms with van der Waals surface area (Å²) >= 11 is 0. The maximum Gasteiger partial charge on any atom is 0.472 e. The Kier molecular flexibility index (Phi) is 21.3. The fourth-order valence-electron chi connectivity index (χ4n) is 2.66. The minimum absolute atomic E-state index is 0.0665. The van der Waals surface area contributed by atoms with E-state index in [9.17, 15) is 14.6 Å². The molecule has 0 spiro atoms. The third kappa shape index (κ3) is 22.2. The first-order chi connectivity index (χ1) is 14.5. The topological polar surface area (TPSA) is 111 Å². The van der Waals surface area contributed by atoms with Crippen LogP contribution in [0.3, 0.4) is 0 Å². The minimum atomic E-state index is -4.14. The van der Waals surface area contributed by atoms with Crippen LogP contribution >= 0.6 is 7.82 Å². The van der Waals surface area contributed by atoms with Crippen molar-refractivity contribution in [3.8, 4) is 0 Å². The van der Waals surface area contributed by atoms with Gasteiger partial charge in [-0.05, 0) is 32.1 Å². The number of nitrogens with two attached hydrogens (primary N) is 1. The highest BCUT2D eigenvalue weighted by molar-refractivity contribution is 7.47. The predicted octanol–water partition coefficient (Wildman–Crippen LogP) is 4.88. The monoisotopic (exact) mass is 449 g/mol. The van der Waals surface area contributed by atoms with Gasteiger partial charge in [-0.3, -0.25) is 9.05 Å². The zero-order valence-corrected chi connectivity index (χ0v) is 19.6. The Morgan fingerprint density at radius 1 is 0.867 bits per heavy atom. The summed E-state index contributed by atoms with van der Waals surface area (Å²) in [5.41, 5.74) is 5.18. The summed E-state index contributed by atoms with van der Waals surface area (Å²) in [4.78, 5) is 9.31. The van der Waals surface area contributed by atoms with Crippen molar-refractivity contribution in [2.45, 2.75) is 83.7 Å². The van der Waals surface area contributed by atoms with Crippen molar-refractivity contribution < 1.29 is 28.3 Å². The fraction of sp³-hybridized carbons (Fsp3) is 0.818. The van der Waals surface area contributed by atoms with E-state index in [1.54, 1.807) is 0 Å². The van der Waals surface area contributed by atoms with Gasteiger partial charge in [0.25, 0.3) is 0 Å². The van der Waals surface area contributed by atoms with E-state index >= 15 is 0 Å². The number of allylic oxidation sites excluding steroid dienone is 4. The van der Waals surface area contributed by atoms with Crippen molar-refractivity contribution in [2.24, 2.45) is 5.73 Å². The van der Waals surface area contributed by atoms with E-state index in [4.69, 9.17) is 10.5 Å². The molecule has 0 radical (unpaired) electrons. The summed E-state index contributed by atoms with van der Waals surface area (Å²) in [6.45, 7) is 2.57. The summed E-state index contributed by atoms with van der Waals surface area (Å²) in [6, 6.07) is 0.